The smallest absolute Gasteiger partial charge is 0.397 e. The third-order valence-electron chi connectivity index (χ3n) is 5.16. The zero-order chi connectivity index (χ0) is 16.4. The number of nitrogens with two attached hydrogens (primary N) is 1. The van der Waals surface area contributed by atoms with E-state index in [0.717, 1.165) is 18.7 Å². The van der Waals surface area contributed by atoms with Crippen molar-refractivity contribution in [3.63, 3.8) is 0 Å². The molecule has 0 bridgehead atoms. The Morgan fingerprint density at radius 2 is 1.91 bits per heavy atom. The molecule has 128 valence electrons. The summed E-state index contributed by atoms with van der Waals surface area (Å²) in [6, 6.07) is 4.16. The molecule has 2 heterocycles. The molecular formula is C17H24F3N3. The van der Waals surface area contributed by atoms with E-state index in [-0.39, 0.29) is 5.69 Å². The number of rotatable bonds is 3. The molecule has 2 saturated heterocycles. The monoisotopic (exact) mass is 327 g/mol. The van der Waals surface area contributed by atoms with Crippen LogP contribution in [0.2, 0.25) is 0 Å². The van der Waals surface area contributed by atoms with Crippen LogP contribution in [0, 0.1) is 5.92 Å². The zero-order valence-corrected chi connectivity index (χ0v) is 13.2. The van der Waals surface area contributed by atoms with Crippen molar-refractivity contribution in [1.82, 2.24) is 4.90 Å². The first kappa shape index (κ1) is 16.4. The van der Waals surface area contributed by atoms with E-state index < -0.39 is 11.7 Å². The molecule has 1 aromatic carbocycles. The second-order valence-corrected chi connectivity index (χ2v) is 6.68. The van der Waals surface area contributed by atoms with Crippen molar-refractivity contribution in [1.29, 1.82) is 0 Å². The van der Waals surface area contributed by atoms with Crippen molar-refractivity contribution in [2.45, 2.75) is 44.3 Å². The van der Waals surface area contributed by atoms with Gasteiger partial charge in [-0.3, -0.25) is 0 Å². The van der Waals surface area contributed by atoms with Crippen molar-refractivity contribution in [2.24, 2.45) is 5.92 Å². The summed E-state index contributed by atoms with van der Waals surface area (Å²) in [4.78, 5) is 2.58. The highest BCUT2D eigenvalue weighted by Crippen LogP contribution is 2.34. The summed E-state index contributed by atoms with van der Waals surface area (Å²) >= 11 is 0. The molecule has 2 fully saturated rings. The molecule has 2 atom stereocenters. The average Bonchev–Trinajstić information content (AvgIpc) is 2.53. The first-order chi connectivity index (χ1) is 10.9. The first-order valence-corrected chi connectivity index (χ1v) is 8.40. The van der Waals surface area contributed by atoms with Crippen LogP contribution in [0.3, 0.4) is 0 Å². The number of nitrogens with zero attached hydrogens (tertiary/aromatic N) is 1. The molecule has 23 heavy (non-hydrogen) atoms. The molecule has 2 aliphatic rings. The number of fused-ring (bicyclic) bond motifs is 1. The van der Waals surface area contributed by atoms with Gasteiger partial charge < -0.3 is 16.0 Å². The van der Waals surface area contributed by atoms with E-state index in [1.165, 1.54) is 51.3 Å². The van der Waals surface area contributed by atoms with Crippen LogP contribution in [0.5, 0.6) is 0 Å². The Morgan fingerprint density at radius 3 is 2.65 bits per heavy atom. The standard InChI is InChI=1S/C17H24F3N3/c18-17(19,20)13-6-7-15(14(21)10-13)22-11-12-4-3-9-23-8-2-1-5-16(12)23/h6-7,10,12,16,22H,1-5,8-9,11,21H2. The summed E-state index contributed by atoms with van der Waals surface area (Å²) in [6.45, 7) is 3.14. The number of nitrogens with one attached hydrogen (secondary N) is 1. The van der Waals surface area contributed by atoms with E-state index in [1.54, 1.807) is 0 Å². The molecule has 6 heteroatoms. The predicted octanol–water partition coefficient (Wildman–Crippen LogP) is 3.96. The van der Waals surface area contributed by atoms with Gasteiger partial charge >= 0.3 is 6.18 Å². The summed E-state index contributed by atoms with van der Waals surface area (Å²) in [5.74, 6) is 0.547. The zero-order valence-electron chi connectivity index (χ0n) is 13.2. The van der Waals surface area contributed by atoms with Gasteiger partial charge in [0.05, 0.1) is 16.9 Å². The van der Waals surface area contributed by atoms with E-state index in [1.807, 2.05) is 0 Å². The predicted molar refractivity (Wildman–Crippen MR) is 86.3 cm³/mol. The molecule has 0 aliphatic carbocycles. The minimum absolute atomic E-state index is 0.163. The maximum absolute atomic E-state index is 12.7. The Kier molecular flexibility index (Phi) is 4.71. The van der Waals surface area contributed by atoms with Crippen LogP contribution in [0.15, 0.2) is 18.2 Å². The van der Waals surface area contributed by atoms with Crippen molar-refractivity contribution in [3.8, 4) is 0 Å². The minimum atomic E-state index is -4.35. The minimum Gasteiger partial charge on any atom is -0.397 e. The average molecular weight is 327 g/mol. The van der Waals surface area contributed by atoms with Gasteiger partial charge in [-0.15, -0.1) is 0 Å². The van der Waals surface area contributed by atoms with Crippen molar-refractivity contribution in [3.05, 3.63) is 23.8 Å². The number of halogens is 3. The summed E-state index contributed by atoms with van der Waals surface area (Å²) < 4.78 is 38.0. The van der Waals surface area contributed by atoms with Crippen LogP contribution in [0.25, 0.3) is 0 Å². The van der Waals surface area contributed by atoms with Gasteiger partial charge in [0.2, 0.25) is 0 Å². The Labute approximate surface area is 135 Å². The van der Waals surface area contributed by atoms with Crippen molar-refractivity contribution < 1.29 is 13.2 Å². The Bertz CT molecular complexity index is 542. The summed E-state index contributed by atoms with van der Waals surface area (Å²) in [6.07, 6.45) is 1.82. The Balaban J connectivity index is 1.63. The normalized spacial score (nSPS) is 25.9. The third kappa shape index (κ3) is 3.74. The highest BCUT2D eigenvalue weighted by atomic mass is 19.4. The SMILES string of the molecule is Nc1cc(C(F)(F)F)ccc1NCC1CCCN2CCCCC12. The molecule has 2 unspecified atom stereocenters. The Morgan fingerprint density at radius 1 is 1.13 bits per heavy atom. The van der Waals surface area contributed by atoms with Gasteiger partial charge in [-0.1, -0.05) is 6.42 Å². The third-order valence-corrected chi connectivity index (χ3v) is 5.16. The van der Waals surface area contributed by atoms with Gasteiger partial charge in [0, 0.05) is 12.6 Å². The van der Waals surface area contributed by atoms with Crippen LogP contribution in [0.1, 0.15) is 37.7 Å². The number of hydrogen-bond donors (Lipinski definition) is 2. The number of hydrogen-bond acceptors (Lipinski definition) is 3. The van der Waals surface area contributed by atoms with Crippen LogP contribution >= 0.6 is 0 Å². The van der Waals surface area contributed by atoms with Crippen LogP contribution in [-0.4, -0.2) is 30.6 Å². The van der Waals surface area contributed by atoms with E-state index >= 15 is 0 Å². The summed E-state index contributed by atoms with van der Waals surface area (Å²) in [7, 11) is 0. The molecule has 0 amide bonds. The number of piperidine rings is 2. The Hall–Kier alpha value is -1.43. The van der Waals surface area contributed by atoms with Gasteiger partial charge in [-0.05, 0) is 62.9 Å². The molecule has 0 aromatic heterocycles. The van der Waals surface area contributed by atoms with E-state index in [0.29, 0.717) is 17.6 Å². The summed E-state index contributed by atoms with van der Waals surface area (Å²) in [5, 5.41) is 3.28. The number of anilines is 2. The van der Waals surface area contributed by atoms with E-state index in [9.17, 15) is 13.2 Å². The highest BCUT2D eigenvalue weighted by Gasteiger charge is 2.33. The van der Waals surface area contributed by atoms with Gasteiger partial charge in [0.25, 0.3) is 0 Å². The summed E-state index contributed by atoms with van der Waals surface area (Å²) in [5.41, 5.74) is 5.86. The maximum Gasteiger partial charge on any atom is 0.416 e. The number of benzene rings is 1. The topological polar surface area (TPSA) is 41.3 Å². The lowest BCUT2D eigenvalue weighted by Crippen LogP contribution is -2.49. The lowest BCUT2D eigenvalue weighted by atomic mass is 9.83. The van der Waals surface area contributed by atoms with Gasteiger partial charge in [-0.2, -0.15) is 13.2 Å². The number of nitrogen functional groups attached to an aromatic ring is 1. The largest absolute Gasteiger partial charge is 0.416 e. The quantitative estimate of drug-likeness (QED) is 0.826. The second kappa shape index (κ2) is 6.59. The number of alkyl halides is 3. The lowest BCUT2D eigenvalue weighted by molar-refractivity contribution is -0.137. The molecule has 0 spiro atoms. The lowest BCUT2D eigenvalue weighted by Gasteiger charge is -2.44. The van der Waals surface area contributed by atoms with Crippen LogP contribution < -0.4 is 11.1 Å². The van der Waals surface area contributed by atoms with E-state index in [4.69, 9.17) is 5.73 Å². The molecule has 3 N–H and O–H groups in total. The maximum atomic E-state index is 12.7. The van der Waals surface area contributed by atoms with Gasteiger partial charge in [-0.25, -0.2) is 0 Å². The fraction of sp³-hybridized carbons (Fsp3) is 0.647. The van der Waals surface area contributed by atoms with Crippen molar-refractivity contribution in [2.75, 3.05) is 30.7 Å². The van der Waals surface area contributed by atoms with Gasteiger partial charge in [0.15, 0.2) is 0 Å². The molecule has 3 rings (SSSR count). The van der Waals surface area contributed by atoms with Gasteiger partial charge in [0.1, 0.15) is 0 Å². The molecule has 0 saturated carbocycles. The molecular weight excluding hydrogens is 303 g/mol. The highest BCUT2D eigenvalue weighted by molar-refractivity contribution is 5.67. The molecule has 2 aliphatic heterocycles. The fourth-order valence-electron chi connectivity index (χ4n) is 3.96. The van der Waals surface area contributed by atoms with Crippen molar-refractivity contribution >= 4 is 11.4 Å². The van der Waals surface area contributed by atoms with Crippen LogP contribution in [0.4, 0.5) is 24.5 Å². The van der Waals surface area contributed by atoms with Crippen LogP contribution in [-0.2, 0) is 6.18 Å². The molecule has 3 nitrogen and oxygen atoms in total. The fourth-order valence-corrected chi connectivity index (χ4v) is 3.96. The first-order valence-electron chi connectivity index (χ1n) is 8.40. The molecule has 1 aromatic rings. The molecule has 0 radical (unpaired) electrons. The van der Waals surface area contributed by atoms with E-state index in [2.05, 4.69) is 10.2 Å². The second-order valence-electron chi connectivity index (χ2n) is 6.68.